The maximum absolute atomic E-state index is 14.6. The number of carbonyl (C=O) groups is 2. The normalized spacial score (nSPS) is 18.8. The Bertz CT molecular complexity index is 1370. The van der Waals surface area contributed by atoms with Crippen LogP contribution < -0.4 is 10.0 Å². The maximum atomic E-state index is 14.6. The van der Waals surface area contributed by atoms with Crippen molar-refractivity contribution >= 4 is 23.3 Å². The Morgan fingerprint density at radius 2 is 1.31 bits per heavy atom. The fraction of sp³-hybridized carbons (Fsp3) is 0.212. The van der Waals surface area contributed by atoms with Gasteiger partial charge in [0.25, 0.3) is 5.91 Å². The van der Waals surface area contributed by atoms with Crippen LogP contribution in [0.4, 0.5) is 11.4 Å². The summed E-state index contributed by atoms with van der Waals surface area (Å²) < 4.78 is 12.9. The monoisotopic (exact) mass is 520 g/mol. The number of benzene rings is 4. The van der Waals surface area contributed by atoms with Crippen molar-refractivity contribution in [2.45, 2.75) is 44.6 Å². The molecular formula is C33H32N2O4. The van der Waals surface area contributed by atoms with Gasteiger partial charge < -0.3 is 9.47 Å². The van der Waals surface area contributed by atoms with Crippen LogP contribution in [0.1, 0.15) is 42.1 Å². The van der Waals surface area contributed by atoms with Crippen LogP contribution in [0.15, 0.2) is 121 Å². The summed E-state index contributed by atoms with van der Waals surface area (Å²) in [6.07, 6.45) is 0.898. The van der Waals surface area contributed by atoms with Crippen LogP contribution in [-0.4, -0.2) is 23.7 Å². The van der Waals surface area contributed by atoms with Gasteiger partial charge in [0.15, 0.2) is 0 Å². The van der Waals surface area contributed by atoms with Crippen molar-refractivity contribution < 1.29 is 19.1 Å². The third kappa shape index (κ3) is 5.42. The Morgan fingerprint density at radius 1 is 0.769 bits per heavy atom. The Balaban J connectivity index is 1.65. The highest BCUT2D eigenvalue weighted by Crippen LogP contribution is 2.43. The third-order valence-electron chi connectivity index (χ3n) is 6.88. The number of hydrogen-bond acceptors (Lipinski definition) is 5. The van der Waals surface area contributed by atoms with Crippen molar-refractivity contribution in [3.05, 3.63) is 132 Å². The van der Waals surface area contributed by atoms with Gasteiger partial charge in [-0.05, 0) is 48.4 Å². The second-order valence-corrected chi connectivity index (χ2v) is 9.52. The van der Waals surface area contributed by atoms with Gasteiger partial charge in [-0.25, -0.2) is 14.8 Å². The number of hydrazine groups is 1. The van der Waals surface area contributed by atoms with E-state index in [0.717, 1.165) is 12.0 Å². The lowest BCUT2D eigenvalue weighted by molar-refractivity contribution is -0.157. The zero-order valence-electron chi connectivity index (χ0n) is 22.0. The second kappa shape index (κ2) is 12.0. The Kier molecular flexibility index (Phi) is 8.04. The predicted molar refractivity (Wildman–Crippen MR) is 152 cm³/mol. The Labute approximate surface area is 229 Å². The number of anilines is 2. The molecule has 0 N–H and O–H groups in total. The number of carbonyl (C=O) groups excluding carboxylic acids is 2. The van der Waals surface area contributed by atoms with Crippen molar-refractivity contribution in [2.75, 3.05) is 10.0 Å². The molecule has 2 atom stereocenters. The van der Waals surface area contributed by atoms with Gasteiger partial charge in [-0.3, -0.25) is 4.79 Å². The Morgan fingerprint density at radius 3 is 1.90 bits per heavy atom. The van der Waals surface area contributed by atoms with E-state index in [9.17, 15) is 9.59 Å². The highest BCUT2D eigenvalue weighted by atomic mass is 16.6. The van der Waals surface area contributed by atoms with E-state index in [1.54, 1.807) is 34.3 Å². The van der Waals surface area contributed by atoms with Crippen LogP contribution in [0.25, 0.3) is 0 Å². The molecule has 198 valence electrons. The zero-order valence-corrected chi connectivity index (χ0v) is 22.0. The minimum Gasteiger partial charge on any atom is -0.432 e. The molecule has 0 saturated carbocycles. The van der Waals surface area contributed by atoms with E-state index in [4.69, 9.17) is 9.47 Å². The minimum atomic E-state index is -1.44. The Hall–Kier alpha value is -4.42. The summed E-state index contributed by atoms with van der Waals surface area (Å²) in [5.74, 6) is -0.791. The second-order valence-electron chi connectivity index (χ2n) is 9.52. The van der Waals surface area contributed by atoms with E-state index in [0.29, 0.717) is 29.8 Å². The summed E-state index contributed by atoms with van der Waals surface area (Å²) in [5, 5.41) is 3.36. The standard InChI is InChI=1S/C33H32N2O4/c1-2-3-24-33(38-25-26-16-8-4-9-17-26)31(37)34(28-20-12-6-13-21-28)35(29-22-14-7-15-23-29)32(33)39-30(36)27-18-10-5-11-19-27/h4-23,32H,2-3,24-25H2,1H3. The highest BCUT2D eigenvalue weighted by molar-refractivity contribution is 6.06. The number of rotatable bonds is 10. The molecule has 2 unspecified atom stereocenters. The van der Waals surface area contributed by atoms with Crippen molar-refractivity contribution in [1.29, 1.82) is 0 Å². The van der Waals surface area contributed by atoms with Gasteiger partial charge in [-0.1, -0.05) is 105 Å². The SMILES string of the molecule is CCCCC1(OCc2ccccc2)C(=O)N(c2ccccc2)N(c2ccccc2)C1OC(=O)c1ccccc1. The molecule has 0 radical (unpaired) electrons. The number of nitrogens with zero attached hydrogens (tertiary/aromatic N) is 2. The number of esters is 1. The summed E-state index contributed by atoms with van der Waals surface area (Å²) in [6, 6.07) is 37.5. The van der Waals surface area contributed by atoms with E-state index in [1.807, 2.05) is 97.1 Å². The molecule has 1 aliphatic rings. The summed E-state index contributed by atoms with van der Waals surface area (Å²) in [5.41, 5.74) is 1.26. The van der Waals surface area contributed by atoms with E-state index in [2.05, 4.69) is 6.92 Å². The molecule has 39 heavy (non-hydrogen) atoms. The van der Waals surface area contributed by atoms with E-state index < -0.39 is 17.8 Å². The molecule has 0 bridgehead atoms. The van der Waals surface area contributed by atoms with Crippen LogP contribution in [0.3, 0.4) is 0 Å². The average molecular weight is 521 g/mol. The molecule has 1 aliphatic heterocycles. The van der Waals surface area contributed by atoms with Gasteiger partial charge in [0, 0.05) is 0 Å². The van der Waals surface area contributed by atoms with Crippen LogP contribution in [-0.2, 0) is 20.9 Å². The van der Waals surface area contributed by atoms with Crippen LogP contribution in [0.5, 0.6) is 0 Å². The first-order valence-electron chi connectivity index (χ1n) is 13.3. The third-order valence-corrected chi connectivity index (χ3v) is 6.88. The van der Waals surface area contributed by atoms with Gasteiger partial charge in [-0.15, -0.1) is 0 Å². The number of para-hydroxylation sites is 2. The van der Waals surface area contributed by atoms with Crippen molar-refractivity contribution in [3.8, 4) is 0 Å². The van der Waals surface area contributed by atoms with E-state index >= 15 is 0 Å². The molecule has 4 aromatic rings. The van der Waals surface area contributed by atoms with E-state index in [-0.39, 0.29) is 12.5 Å². The molecule has 6 heteroatoms. The molecule has 0 spiro atoms. The largest absolute Gasteiger partial charge is 0.432 e. The highest BCUT2D eigenvalue weighted by Gasteiger charge is 2.62. The fourth-order valence-electron chi connectivity index (χ4n) is 4.88. The van der Waals surface area contributed by atoms with Crippen LogP contribution in [0.2, 0.25) is 0 Å². The number of hydrogen-bond donors (Lipinski definition) is 0. The molecule has 0 aromatic heterocycles. The quantitative estimate of drug-likeness (QED) is 0.216. The average Bonchev–Trinajstić information content (AvgIpc) is 3.24. The molecule has 0 aliphatic carbocycles. The number of ether oxygens (including phenoxy) is 2. The van der Waals surface area contributed by atoms with Crippen LogP contribution in [0, 0.1) is 0 Å². The first kappa shape index (κ1) is 26.2. The lowest BCUT2D eigenvalue weighted by Crippen LogP contribution is -2.52. The fourth-order valence-corrected chi connectivity index (χ4v) is 4.88. The zero-order chi connectivity index (χ0) is 27.1. The van der Waals surface area contributed by atoms with Gasteiger partial charge in [0.1, 0.15) is 0 Å². The molecular weight excluding hydrogens is 488 g/mol. The molecule has 4 aromatic carbocycles. The lowest BCUT2D eigenvalue weighted by atomic mass is 9.93. The predicted octanol–water partition coefficient (Wildman–Crippen LogP) is 6.78. The molecule has 6 nitrogen and oxygen atoms in total. The van der Waals surface area contributed by atoms with Crippen molar-refractivity contribution in [1.82, 2.24) is 0 Å². The van der Waals surface area contributed by atoms with Gasteiger partial charge >= 0.3 is 5.97 Å². The number of amides is 1. The maximum Gasteiger partial charge on any atom is 0.340 e. The van der Waals surface area contributed by atoms with Gasteiger partial charge in [-0.2, -0.15) is 0 Å². The minimum absolute atomic E-state index is 0.195. The summed E-state index contributed by atoms with van der Waals surface area (Å²) in [4.78, 5) is 28.2. The molecule has 1 fully saturated rings. The lowest BCUT2D eigenvalue weighted by Gasteiger charge is -2.36. The summed E-state index contributed by atoms with van der Waals surface area (Å²) >= 11 is 0. The van der Waals surface area contributed by atoms with Gasteiger partial charge in [0.05, 0.1) is 23.5 Å². The number of unbranched alkanes of at least 4 members (excludes halogenated alkanes) is 1. The molecule has 1 amide bonds. The summed E-state index contributed by atoms with van der Waals surface area (Å²) in [7, 11) is 0. The molecule has 5 rings (SSSR count). The van der Waals surface area contributed by atoms with Crippen molar-refractivity contribution in [2.24, 2.45) is 0 Å². The van der Waals surface area contributed by atoms with Crippen molar-refractivity contribution in [3.63, 3.8) is 0 Å². The summed E-state index contributed by atoms with van der Waals surface area (Å²) in [6.45, 7) is 2.26. The smallest absolute Gasteiger partial charge is 0.340 e. The first-order chi connectivity index (χ1) is 19.1. The van der Waals surface area contributed by atoms with Gasteiger partial charge in [0.2, 0.25) is 11.8 Å². The topological polar surface area (TPSA) is 59.1 Å². The van der Waals surface area contributed by atoms with Crippen LogP contribution >= 0.6 is 0 Å². The molecule has 1 heterocycles. The first-order valence-corrected chi connectivity index (χ1v) is 13.3. The molecule has 1 saturated heterocycles. The van der Waals surface area contributed by atoms with E-state index in [1.165, 1.54) is 0 Å².